The Kier molecular flexibility index (Phi) is 2.24. The van der Waals surface area contributed by atoms with Crippen LogP contribution in [0.5, 0.6) is 0 Å². The van der Waals surface area contributed by atoms with Crippen LogP contribution in [0, 0.1) is 4.77 Å². The van der Waals surface area contributed by atoms with Crippen LogP contribution in [-0.4, -0.2) is 28.2 Å². The number of hydrogen-bond acceptors (Lipinski definition) is 5. The number of nitrogen functional groups attached to an aromatic ring is 1. The maximum Gasteiger partial charge on any atom is 0.224 e. The van der Waals surface area contributed by atoms with Crippen LogP contribution in [0.1, 0.15) is 18.2 Å². The fourth-order valence-electron chi connectivity index (χ4n) is 1.36. The van der Waals surface area contributed by atoms with Crippen molar-refractivity contribution in [2.45, 2.75) is 12.3 Å². The van der Waals surface area contributed by atoms with Crippen molar-refractivity contribution < 1.29 is 4.74 Å². The fourth-order valence-corrected chi connectivity index (χ4v) is 1.56. The highest BCUT2D eigenvalue weighted by molar-refractivity contribution is 7.71. The molecule has 0 spiro atoms. The van der Waals surface area contributed by atoms with Crippen molar-refractivity contribution in [3.63, 3.8) is 0 Å². The van der Waals surface area contributed by atoms with Crippen LogP contribution >= 0.6 is 12.2 Å². The van der Waals surface area contributed by atoms with Gasteiger partial charge in [0.05, 0.1) is 6.61 Å². The summed E-state index contributed by atoms with van der Waals surface area (Å²) in [6, 6.07) is 0. The summed E-state index contributed by atoms with van der Waals surface area (Å²) in [6.07, 6.45) is 0.960. The monoisotopic (exact) mass is 198 g/mol. The van der Waals surface area contributed by atoms with Crippen LogP contribution in [0.25, 0.3) is 0 Å². The smallest absolute Gasteiger partial charge is 0.224 e. The van der Waals surface area contributed by atoms with Gasteiger partial charge in [-0.15, -0.1) is 0 Å². The molecule has 1 atom stereocenters. The maximum atomic E-state index is 5.51. The Morgan fingerprint density at radius 1 is 1.54 bits per heavy atom. The van der Waals surface area contributed by atoms with Gasteiger partial charge in [-0.1, -0.05) is 0 Å². The van der Waals surface area contributed by atoms with Gasteiger partial charge < -0.3 is 15.5 Å². The fraction of sp³-hybridized carbons (Fsp3) is 0.571. The molecule has 1 saturated heterocycles. The van der Waals surface area contributed by atoms with E-state index in [0.29, 0.717) is 12.6 Å². The van der Waals surface area contributed by atoms with E-state index in [2.05, 4.69) is 15.0 Å². The van der Waals surface area contributed by atoms with Gasteiger partial charge in [0.1, 0.15) is 5.82 Å². The molecular weight excluding hydrogens is 188 g/mol. The molecule has 0 saturated carbocycles. The molecule has 1 fully saturated rings. The quantitative estimate of drug-likeness (QED) is 0.647. The zero-order valence-electron chi connectivity index (χ0n) is 6.99. The van der Waals surface area contributed by atoms with E-state index in [1.165, 1.54) is 0 Å². The van der Waals surface area contributed by atoms with E-state index in [4.69, 9.17) is 22.7 Å². The van der Waals surface area contributed by atoms with E-state index >= 15 is 0 Å². The summed E-state index contributed by atoms with van der Waals surface area (Å²) in [5.41, 5.74) is 5.51. The number of nitrogens with two attached hydrogens (primary N) is 1. The molecule has 1 aliphatic heterocycles. The lowest BCUT2D eigenvalue weighted by Gasteiger charge is -2.06. The minimum absolute atomic E-state index is 0.284. The number of anilines is 1. The molecule has 2 heterocycles. The maximum absolute atomic E-state index is 5.51. The van der Waals surface area contributed by atoms with E-state index in [1.54, 1.807) is 0 Å². The first-order valence-corrected chi connectivity index (χ1v) is 4.48. The van der Waals surface area contributed by atoms with Crippen molar-refractivity contribution >= 4 is 18.2 Å². The first-order chi connectivity index (χ1) is 6.25. The van der Waals surface area contributed by atoms with E-state index in [9.17, 15) is 0 Å². The Morgan fingerprint density at radius 2 is 2.38 bits per heavy atom. The summed E-state index contributed by atoms with van der Waals surface area (Å²) in [4.78, 5) is 10.8. The van der Waals surface area contributed by atoms with Crippen LogP contribution < -0.4 is 5.73 Å². The Hall–Kier alpha value is -1.01. The summed E-state index contributed by atoms with van der Waals surface area (Å²) in [6.45, 7) is 1.46. The van der Waals surface area contributed by atoms with E-state index in [0.717, 1.165) is 18.9 Å². The second-order valence-electron chi connectivity index (χ2n) is 2.96. The molecule has 0 aromatic carbocycles. The van der Waals surface area contributed by atoms with Crippen molar-refractivity contribution in [1.82, 2.24) is 15.0 Å². The van der Waals surface area contributed by atoms with Crippen molar-refractivity contribution in [2.24, 2.45) is 0 Å². The van der Waals surface area contributed by atoms with Gasteiger partial charge in [-0.25, -0.2) is 4.98 Å². The molecule has 1 aromatic heterocycles. The number of aromatic amines is 1. The lowest BCUT2D eigenvalue weighted by molar-refractivity contribution is 0.193. The predicted octanol–water partition coefficient (Wildman–Crippen LogP) is 0.620. The van der Waals surface area contributed by atoms with Gasteiger partial charge in [-0.2, -0.15) is 4.98 Å². The number of hydrogen-bond donors (Lipinski definition) is 2. The average molecular weight is 198 g/mol. The Labute approximate surface area is 80.4 Å². The third-order valence-electron chi connectivity index (χ3n) is 2.00. The van der Waals surface area contributed by atoms with Gasteiger partial charge in [0.25, 0.3) is 0 Å². The molecule has 5 nitrogen and oxygen atoms in total. The van der Waals surface area contributed by atoms with Gasteiger partial charge in [-0.3, -0.25) is 0 Å². The van der Waals surface area contributed by atoms with E-state index < -0.39 is 0 Å². The molecule has 3 N–H and O–H groups in total. The molecule has 13 heavy (non-hydrogen) atoms. The summed E-state index contributed by atoms with van der Waals surface area (Å²) in [5, 5.41) is 0. The molecular formula is C7H10N4OS. The molecule has 6 heteroatoms. The Bertz CT molecular complexity index is 358. The Balaban J connectivity index is 2.33. The SMILES string of the molecule is Nc1nc(=S)nc(C2CCOC2)[nH]1. The Morgan fingerprint density at radius 3 is 3.00 bits per heavy atom. The van der Waals surface area contributed by atoms with Crippen molar-refractivity contribution in [1.29, 1.82) is 0 Å². The first-order valence-electron chi connectivity index (χ1n) is 4.07. The van der Waals surface area contributed by atoms with Crippen LogP contribution in [0.15, 0.2) is 0 Å². The van der Waals surface area contributed by atoms with Gasteiger partial charge in [0.15, 0.2) is 0 Å². The summed E-state index contributed by atoms with van der Waals surface area (Å²) < 4.78 is 5.53. The lowest BCUT2D eigenvalue weighted by atomic mass is 10.1. The van der Waals surface area contributed by atoms with Crippen LogP contribution in [-0.2, 0) is 4.74 Å². The summed E-state index contributed by atoms with van der Waals surface area (Å²) in [7, 11) is 0. The molecule has 2 rings (SSSR count). The third-order valence-corrected chi connectivity index (χ3v) is 2.19. The van der Waals surface area contributed by atoms with Crippen molar-refractivity contribution in [3.05, 3.63) is 10.6 Å². The zero-order valence-corrected chi connectivity index (χ0v) is 7.80. The van der Waals surface area contributed by atoms with Crippen LogP contribution in [0.4, 0.5) is 5.95 Å². The number of nitrogens with one attached hydrogen (secondary N) is 1. The molecule has 1 aromatic rings. The summed E-state index contributed by atoms with van der Waals surface area (Å²) in [5.74, 6) is 1.39. The molecule has 0 amide bonds. The van der Waals surface area contributed by atoms with Crippen molar-refractivity contribution in [3.8, 4) is 0 Å². The molecule has 0 radical (unpaired) electrons. The minimum Gasteiger partial charge on any atom is -0.381 e. The zero-order chi connectivity index (χ0) is 9.26. The number of rotatable bonds is 1. The number of ether oxygens (including phenoxy) is 1. The van der Waals surface area contributed by atoms with E-state index in [1.807, 2.05) is 0 Å². The highest BCUT2D eigenvalue weighted by atomic mass is 32.1. The lowest BCUT2D eigenvalue weighted by Crippen LogP contribution is -2.08. The topological polar surface area (TPSA) is 76.8 Å². The van der Waals surface area contributed by atoms with Crippen molar-refractivity contribution in [2.75, 3.05) is 18.9 Å². The van der Waals surface area contributed by atoms with Crippen LogP contribution in [0.3, 0.4) is 0 Å². The predicted molar refractivity (Wildman–Crippen MR) is 49.8 cm³/mol. The first kappa shape index (κ1) is 8.58. The number of H-pyrrole nitrogens is 1. The largest absolute Gasteiger partial charge is 0.381 e. The van der Waals surface area contributed by atoms with Crippen LogP contribution in [0.2, 0.25) is 0 Å². The van der Waals surface area contributed by atoms with Gasteiger partial charge in [0, 0.05) is 12.5 Å². The van der Waals surface area contributed by atoms with E-state index in [-0.39, 0.29) is 10.7 Å². The molecule has 1 unspecified atom stereocenters. The number of nitrogens with zero attached hydrogens (tertiary/aromatic N) is 2. The molecule has 1 aliphatic rings. The average Bonchev–Trinajstić information content (AvgIpc) is 2.53. The normalized spacial score (nSPS) is 22.0. The summed E-state index contributed by atoms with van der Waals surface area (Å²) >= 11 is 4.86. The molecule has 0 aliphatic carbocycles. The minimum atomic E-state index is 0.284. The second-order valence-corrected chi connectivity index (χ2v) is 3.33. The standard InChI is InChI=1S/C7H10N4OS/c8-6-9-5(10-7(13)11-6)4-1-2-12-3-4/h4H,1-3H2,(H3,8,9,10,11,13). The highest BCUT2D eigenvalue weighted by Gasteiger charge is 2.19. The number of aromatic nitrogens is 3. The molecule has 0 bridgehead atoms. The molecule has 70 valence electrons. The second kappa shape index (κ2) is 3.39. The van der Waals surface area contributed by atoms with Gasteiger partial charge in [-0.05, 0) is 18.6 Å². The highest BCUT2D eigenvalue weighted by Crippen LogP contribution is 2.21. The third kappa shape index (κ3) is 1.84. The van der Waals surface area contributed by atoms with Gasteiger partial charge >= 0.3 is 0 Å². The van der Waals surface area contributed by atoms with Gasteiger partial charge in [0.2, 0.25) is 10.7 Å².